The summed E-state index contributed by atoms with van der Waals surface area (Å²) in [6.07, 6.45) is 2.07. The van der Waals surface area contributed by atoms with Crippen LogP contribution in [0.5, 0.6) is 11.5 Å². The van der Waals surface area contributed by atoms with Gasteiger partial charge in [-0.15, -0.1) is 0 Å². The average Bonchev–Trinajstić information content (AvgIpc) is 2.70. The predicted octanol–water partition coefficient (Wildman–Crippen LogP) is 3.00. The van der Waals surface area contributed by atoms with Crippen LogP contribution in [0.3, 0.4) is 0 Å². The first-order chi connectivity index (χ1) is 10.3. The zero-order valence-electron chi connectivity index (χ0n) is 13.2. The molecule has 1 heterocycles. The minimum Gasteiger partial charge on any atom is -0.490 e. The first-order valence-corrected chi connectivity index (χ1v) is 7.92. The molecular weight excluding hydrogens is 266 g/mol. The van der Waals surface area contributed by atoms with E-state index >= 15 is 0 Å². The largest absolute Gasteiger partial charge is 0.490 e. The van der Waals surface area contributed by atoms with Gasteiger partial charge in [-0.25, -0.2) is 0 Å². The molecule has 0 aliphatic carbocycles. The van der Waals surface area contributed by atoms with Crippen LogP contribution in [0.25, 0.3) is 0 Å². The first kappa shape index (κ1) is 16.1. The van der Waals surface area contributed by atoms with Crippen LogP contribution in [-0.2, 0) is 11.3 Å². The van der Waals surface area contributed by atoms with E-state index in [2.05, 4.69) is 31.3 Å². The summed E-state index contributed by atoms with van der Waals surface area (Å²) in [6.45, 7) is 9.20. The molecule has 0 amide bonds. The minimum atomic E-state index is 0.708. The number of hydrogen-bond acceptors (Lipinski definition) is 4. The van der Waals surface area contributed by atoms with Crippen molar-refractivity contribution < 1.29 is 14.2 Å². The molecular formula is C17H27NO3. The van der Waals surface area contributed by atoms with Crippen molar-refractivity contribution in [2.24, 2.45) is 5.92 Å². The van der Waals surface area contributed by atoms with Crippen molar-refractivity contribution in [2.45, 2.75) is 33.2 Å². The van der Waals surface area contributed by atoms with Gasteiger partial charge in [0.2, 0.25) is 0 Å². The highest BCUT2D eigenvalue weighted by atomic mass is 16.5. The third-order valence-electron chi connectivity index (χ3n) is 3.40. The van der Waals surface area contributed by atoms with Crippen LogP contribution in [0, 0.1) is 5.92 Å². The Labute approximate surface area is 127 Å². The summed E-state index contributed by atoms with van der Waals surface area (Å²) < 4.78 is 16.9. The Balaban J connectivity index is 1.66. The van der Waals surface area contributed by atoms with Gasteiger partial charge in [0.05, 0.1) is 19.8 Å². The van der Waals surface area contributed by atoms with Crippen LogP contribution < -0.4 is 14.8 Å². The second kappa shape index (κ2) is 8.90. The van der Waals surface area contributed by atoms with E-state index in [1.165, 1.54) is 5.56 Å². The van der Waals surface area contributed by atoms with E-state index in [1.54, 1.807) is 0 Å². The zero-order valence-corrected chi connectivity index (χ0v) is 13.2. The van der Waals surface area contributed by atoms with Gasteiger partial charge in [0.1, 0.15) is 0 Å². The van der Waals surface area contributed by atoms with Gasteiger partial charge in [-0.1, -0.05) is 19.9 Å². The molecule has 0 saturated carbocycles. The van der Waals surface area contributed by atoms with E-state index in [0.717, 1.165) is 63.9 Å². The van der Waals surface area contributed by atoms with Gasteiger partial charge in [0.15, 0.2) is 11.5 Å². The van der Waals surface area contributed by atoms with E-state index in [0.29, 0.717) is 5.92 Å². The fourth-order valence-electron chi connectivity index (χ4n) is 2.12. The van der Waals surface area contributed by atoms with Crippen molar-refractivity contribution in [1.82, 2.24) is 5.32 Å². The molecule has 0 unspecified atom stereocenters. The molecule has 4 nitrogen and oxygen atoms in total. The molecule has 0 saturated heterocycles. The average molecular weight is 293 g/mol. The number of benzene rings is 1. The maximum atomic E-state index is 5.69. The van der Waals surface area contributed by atoms with E-state index in [-0.39, 0.29) is 0 Å². The summed E-state index contributed by atoms with van der Waals surface area (Å²) in [5.41, 5.74) is 1.21. The molecule has 1 aliphatic heterocycles. The van der Waals surface area contributed by atoms with Crippen molar-refractivity contribution in [3.8, 4) is 11.5 Å². The van der Waals surface area contributed by atoms with Crippen molar-refractivity contribution in [3.05, 3.63) is 23.8 Å². The Kier molecular flexibility index (Phi) is 6.83. The normalized spacial score (nSPS) is 14.2. The molecule has 0 bridgehead atoms. The van der Waals surface area contributed by atoms with Gasteiger partial charge in [-0.2, -0.15) is 0 Å². The standard InChI is InChI=1S/C17H27NO3/c1-14(2)6-10-19-11-7-18-13-15-4-5-16-17(12-15)21-9-3-8-20-16/h4-5,12,14,18H,3,6-11,13H2,1-2H3. The van der Waals surface area contributed by atoms with Gasteiger partial charge in [0, 0.05) is 26.1 Å². The topological polar surface area (TPSA) is 39.7 Å². The van der Waals surface area contributed by atoms with Crippen molar-refractivity contribution in [3.63, 3.8) is 0 Å². The number of hydrogen-bond donors (Lipinski definition) is 1. The highest BCUT2D eigenvalue weighted by Crippen LogP contribution is 2.30. The summed E-state index contributed by atoms with van der Waals surface area (Å²) in [5, 5.41) is 3.39. The molecule has 118 valence electrons. The maximum Gasteiger partial charge on any atom is 0.161 e. The zero-order chi connectivity index (χ0) is 14.9. The minimum absolute atomic E-state index is 0.708. The van der Waals surface area contributed by atoms with Crippen LogP contribution in [0.1, 0.15) is 32.3 Å². The van der Waals surface area contributed by atoms with Crippen LogP contribution >= 0.6 is 0 Å². The highest BCUT2D eigenvalue weighted by Gasteiger charge is 2.10. The molecule has 1 aromatic rings. The highest BCUT2D eigenvalue weighted by molar-refractivity contribution is 5.43. The van der Waals surface area contributed by atoms with E-state index < -0.39 is 0 Å². The summed E-state index contributed by atoms with van der Waals surface area (Å²) in [6, 6.07) is 6.14. The molecule has 0 spiro atoms. The molecule has 1 aliphatic rings. The molecule has 21 heavy (non-hydrogen) atoms. The van der Waals surface area contributed by atoms with Crippen molar-refractivity contribution >= 4 is 0 Å². The van der Waals surface area contributed by atoms with Gasteiger partial charge >= 0.3 is 0 Å². The Hall–Kier alpha value is -1.26. The third kappa shape index (κ3) is 5.94. The maximum absolute atomic E-state index is 5.69. The molecule has 0 radical (unpaired) electrons. The van der Waals surface area contributed by atoms with Crippen molar-refractivity contribution in [1.29, 1.82) is 0 Å². The van der Waals surface area contributed by atoms with E-state index in [9.17, 15) is 0 Å². The fourth-order valence-corrected chi connectivity index (χ4v) is 2.12. The predicted molar refractivity (Wildman–Crippen MR) is 84.0 cm³/mol. The summed E-state index contributed by atoms with van der Waals surface area (Å²) >= 11 is 0. The number of nitrogens with one attached hydrogen (secondary N) is 1. The van der Waals surface area contributed by atoms with Crippen LogP contribution in [0.15, 0.2) is 18.2 Å². The fraction of sp³-hybridized carbons (Fsp3) is 0.647. The quantitative estimate of drug-likeness (QED) is 0.748. The van der Waals surface area contributed by atoms with E-state index in [1.807, 2.05) is 6.07 Å². The summed E-state index contributed by atoms with van der Waals surface area (Å²) in [7, 11) is 0. The lowest BCUT2D eigenvalue weighted by molar-refractivity contribution is 0.125. The Morgan fingerprint density at radius 2 is 1.95 bits per heavy atom. The SMILES string of the molecule is CC(C)CCOCCNCc1ccc2c(c1)OCCCO2. The third-order valence-corrected chi connectivity index (χ3v) is 3.40. The van der Waals surface area contributed by atoms with Crippen LogP contribution in [0.4, 0.5) is 0 Å². The second-order valence-electron chi connectivity index (χ2n) is 5.80. The first-order valence-electron chi connectivity index (χ1n) is 7.92. The summed E-state index contributed by atoms with van der Waals surface area (Å²) in [5.74, 6) is 2.42. The van der Waals surface area contributed by atoms with E-state index in [4.69, 9.17) is 14.2 Å². The number of fused-ring (bicyclic) bond motifs is 1. The summed E-state index contributed by atoms with van der Waals surface area (Å²) in [4.78, 5) is 0. The Bertz CT molecular complexity index is 420. The smallest absolute Gasteiger partial charge is 0.161 e. The van der Waals surface area contributed by atoms with Crippen LogP contribution in [-0.4, -0.2) is 33.0 Å². The van der Waals surface area contributed by atoms with Gasteiger partial charge in [-0.05, 0) is 30.0 Å². The molecule has 0 atom stereocenters. The van der Waals surface area contributed by atoms with Gasteiger partial charge in [0.25, 0.3) is 0 Å². The lowest BCUT2D eigenvalue weighted by atomic mass is 10.1. The molecule has 1 N–H and O–H groups in total. The molecule has 2 rings (SSSR count). The van der Waals surface area contributed by atoms with Crippen LogP contribution in [0.2, 0.25) is 0 Å². The van der Waals surface area contributed by atoms with Crippen molar-refractivity contribution in [2.75, 3.05) is 33.0 Å². The molecule has 0 fully saturated rings. The Morgan fingerprint density at radius 1 is 1.14 bits per heavy atom. The monoisotopic (exact) mass is 293 g/mol. The molecule has 0 aromatic heterocycles. The second-order valence-corrected chi connectivity index (χ2v) is 5.80. The number of ether oxygens (including phenoxy) is 3. The molecule has 4 heteroatoms. The van der Waals surface area contributed by atoms with Gasteiger partial charge in [-0.3, -0.25) is 0 Å². The Morgan fingerprint density at radius 3 is 2.76 bits per heavy atom. The molecule has 1 aromatic carbocycles. The lowest BCUT2D eigenvalue weighted by Crippen LogP contribution is -2.19. The van der Waals surface area contributed by atoms with Gasteiger partial charge < -0.3 is 19.5 Å². The number of rotatable bonds is 8. The lowest BCUT2D eigenvalue weighted by Gasteiger charge is -2.10.